The molecule has 1 aromatic carbocycles. The zero-order chi connectivity index (χ0) is 11.8. The topological polar surface area (TPSA) is 69.6 Å². The van der Waals surface area contributed by atoms with Crippen molar-refractivity contribution in [3.05, 3.63) is 29.8 Å². The van der Waals surface area contributed by atoms with Gasteiger partial charge in [-0.15, -0.1) is 0 Å². The van der Waals surface area contributed by atoms with Gasteiger partial charge in [0.15, 0.2) is 0 Å². The Morgan fingerprint density at radius 1 is 1.19 bits per heavy atom. The first-order chi connectivity index (χ1) is 7.68. The fourth-order valence-electron chi connectivity index (χ4n) is 1.40. The third-order valence-electron chi connectivity index (χ3n) is 2.27. The molecule has 88 valence electrons. The van der Waals surface area contributed by atoms with Gasteiger partial charge in [0.25, 0.3) is 0 Å². The number of aryl methyl sites for hydroxylation is 1. The Bertz CT molecular complexity index is 322. The van der Waals surface area contributed by atoms with E-state index in [0.717, 1.165) is 19.4 Å². The number of carboxylic acids is 1. The Kier molecular flexibility index (Phi) is 5.36. The summed E-state index contributed by atoms with van der Waals surface area (Å²) < 4.78 is 0. The molecule has 0 aromatic heterocycles. The predicted octanol–water partition coefficient (Wildman–Crippen LogP) is 1.39. The number of hydrogen-bond donors (Lipinski definition) is 3. The van der Waals surface area contributed by atoms with Crippen molar-refractivity contribution in [2.45, 2.75) is 19.3 Å². The lowest BCUT2D eigenvalue weighted by atomic mass is 10.1. The van der Waals surface area contributed by atoms with Crippen molar-refractivity contribution in [3.8, 4) is 5.75 Å². The monoisotopic (exact) mass is 223 g/mol. The van der Waals surface area contributed by atoms with Gasteiger partial charge in [0.2, 0.25) is 0 Å². The van der Waals surface area contributed by atoms with E-state index in [9.17, 15) is 4.79 Å². The molecule has 0 fully saturated rings. The minimum absolute atomic E-state index is 0.166. The van der Waals surface area contributed by atoms with E-state index in [1.165, 1.54) is 5.56 Å². The molecule has 16 heavy (non-hydrogen) atoms. The van der Waals surface area contributed by atoms with Gasteiger partial charge in [0, 0.05) is 6.54 Å². The number of nitrogens with one attached hydrogen (secondary N) is 1. The van der Waals surface area contributed by atoms with Gasteiger partial charge < -0.3 is 15.5 Å². The minimum Gasteiger partial charge on any atom is -0.508 e. The summed E-state index contributed by atoms with van der Waals surface area (Å²) in [6.07, 6.45) is 2.06. The predicted molar refractivity (Wildman–Crippen MR) is 61.6 cm³/mol. The molecule has 0 bridgehead atoms. The van der Waals surface area contributed by atoms with Gasteiger partial charge in [-0.3, -0.25) is 4.79 Å². The normalized spacial score (nSPS) is 10.2. The van der Waals surface area contributed by atoms with Crippen molar-refractivity contribution in [1.29, 1.82) is 0 Å². The van der Waals surface area contributed by atoms with E-state index in [1.807, 2.05) is 12.1 Å². The molecule has 0 unspecified atom stereocenters. The van der Waals surface area contributed by atoms with Crippen molar-refractivity contribution >= 4 is 5.97 Å². The number of phenols is 1. The van der Waals surface area contributed by atoms with Crippen molar-refractivity contribution < 1.29 is 15.0 Å². The third-order valence-corrected chi connectivity index (χ3v) is 2.27. The summed E-state index contributed by atoms with van der Waals surface area (Å²) in [5.74, 6) is -0.491. The molecule has 0 atom stereocenters. The smallest absolute Gasteiger partial charge is 0.304 e. The second kappa shape index (κ2) is 6.85. The number of aromatic hydroxyl groups is 1. The molecule has 0 aliphatic rings. The molecule has 0 aliphatic heterocycles. The highest BCUT2D eigenvalue weighted by molar-refractivity contribution is 5.66. The number of hydrogen-bond acceptors (Lipinski definition) is 3. The molecule has 1 aromatic rings. The number of rotatable bonds is 7. The number of aliphatic carboxylic acids is 1. The van der Waals surface area contributed by atoms with Crippen LogP contribution in [0, 0.1) is 0 Å². The van der Waals surface area contributed by atoms with E-state index in [1.54, 1.807) is 12.1 Å². The molecule has 0 spiro atoms. The van der Waals surface area contributed by atoms with Gasteiger partial charge in [-0.2, -0.15) is 0 Å². The van der Waals surface area contributed by atoms with Gasteiger partial charge in [-0.25, -0.2) is 0 Å². The van der Waals surface area contributed by atoms with Gasteiger partial charge in [-0.05, 0) is 37.1 Å². The lowest BCUT2D eigenvalue weighted by Crippen LogP contribution is -2.19. The van der Waals surface area contributed by atoms with Crippen LogP contribution in [0.3, 0.4) is 0 Å². The molecule has 4 heteroatoms. The second-order valence-electron chi connectivity index (χ2n) is 3.66. The Balaban J connectivity index is 2.07. The van der Waals surface area contributed by atoms with Crippen LogP contribution in [0.5, 0.6) is 5.75 Å². The summed E-state index contributed by atoms with van der Waals surface area (Å²) in [6, 6.07) is 7.14. The van der Waals surface area contributed by atoms with Crippen LogP contribution in [0.4, 0.5) is 0 Å². The highest BCUT2D eigenvalue weighted by atomic mass is 16.4. The lowest BCUT2D eigenvalue weighted by molar-refractivity contribution is -0.136. The zero-order valence-electron chi connectivity index (χ0n) is 9.15. The summed E-state index contributed by atoms with van der Waals surface area (Å²) in [4.78, 5) is 10.2. The highest BCUT2D eigenvalue weighted by Crippen LogP contribution is 2.10. The van der Waals surface area contributed by atoms with Gasteiger partial charge in [0.1, 0.15) is 5.75 Å². The molecule has 0 aliphatic carbocycles. The largest absolute Gasteiger partial charge is 0.508 e. The highest BCUT2D eigenvalue weighted by Gasteiger charge is 1.96. The van der Waals surface area contributed by atoms with Gasteiger partial charge >= 0.3 is 5.97 Å². The van der Waals surface area contributed by atoms with Crippen LogP contribution in [0.15, 0.2) is 24.3 Å². The maximum atomic E-state index is 10.2. The number of carboxylic acid groups (broad SMARTS) is 1. The van der Waals surface area contributed by atoms with E-state index in [0.29, 0.717) is 6.54 Å². The average Bonchev–Trinajstić information content (AvgIpc) is 2.25. The Morgan fingerprint density at radius 2 is 1.88 bits per heavy atom. The van der Waals surface area contributed by atoms with E-state index in [-0.39, 0.29) is 12.2 Å². The van der Waals surface area contributed by atoms with Crippen LogP contribution in [0.1, 0.15) is 18.4 Å². The first-order valence-electron chi connectivity index (χ1n) is 5.39. The Morgan fingerprint density at radius 3 is 2.50 bits per heavy atom. The molecule has 1 rings (SSSR count). The summed E-state index contributed by atoms with van der Waals surface area (Å²) in [5, 5.41) is 20.6. The van der Waals surface area contributed by atoms with Crippen molar-refractivity contribution in [1.82, 2.24) is 5.32 Å². The number of phenolic OH excluding ortho intramolecular Hbond substituents is 1. The van der Waals surface area contributed by atoms with Crippen molar-refractivity contribution in [2.75, 3.05) is 13.1 Å². The number of carbonyl (C=O) groups is 1. The third kappa shape index (κ3) is 5.36. The lowest BCUT2D eigenvalue weighted by Gasteiger charge is -2.03. The summed E-state index contributed by atoms with van der Waals surface area (Å²) in [7, 11) is 0. The second-order valence-corrected chi connectivity index (χ2v) is 3.66. The molecule has 4 nitrogen and oxygen atoms in total. The van der Waals surface area contributed by atoms with Crippen molar-refractivity contribution in [3.63, 3.8) is 0 Å². The molecule has 0 saturated carbocycles. The van der Waals surface area contributed by atoms with E-state index in [4.69, 9.17) is 10.2 Å². The Labute approximate surface area is 94.9 Å². The average molecular weight is 223 g/mol. The molecule has 3 N–H and O–H groups in total. The molecule has 0 amide bonds. The first-order valence-corrected chi connectivity index (χ1v) is 5.39. The van der Waals surface area contributed by atoms with E-state index >= 15 is 0 Å². The van der Waals surface area contributed by atoms with Crippen LogP contribution in [0.2, 0.25) is 0 Å². The molecular weight excluding hydrogens is 206 g/mol. The standard InChI is InChI=1S/C12H17NO3/c14-11-5-3-10(4-6-11)2-1-8-13-9-7-12(15)16/h3-6,13-14H,1-2,7-9H2,(H,15,16). The molecular formula is C12H17NO3. The fraction of sp³-hybridized carbons (Fsp3) is 0.417. The van der Waals surface area contributed by atoms with Crippen LogP contribution in [0.25, 0.3) is 0 Å². The van der Waals surface area contributed by atoms with Crippen molar-refractivity contribution in [2.24, 2.45) is 0 Å². The summed E-state index contributed by atoms with van der Waals surface area (Å²) in [6.45, 7) is 1.33. The van der Waals surface area contributed by atoms with Gasteiger partial charge in [0.05, 0.1) is 6.42 Å². The summed E-state index contributed by atoms with van der Waals surface area (Å²) >= 11 is 0. The van der Waals surface area contributed by atoms with Crippen LogP contribution < -0.4 is 5.32 Å². The van der Waals surface area contributed by atoms with Crippen LogP contribution in [-0.2, 0) is 11.2 Å². The quantitative estimate of drug-likeness (QED) is 0.611. The van der Waals surface area contributed by atoms with Gasteiger partial charge in [-0.1, -0.05) is 12.1 Å². The zero-order valence-corrected chi connectivity index (χ0v) is 9.15. The molecule has 0 heterocycles. The van der Waals surface area contributed by atoms with Crippen LogP contribution >= 0.6 is 0 Å². The minimum atomic E-state index is -0.772. The maximum Gasteiger partial charge on any atom is 0.304 e. The summed E-state index contributed by atoms with van der Waals surface area (Å²) in [5.41, 5.74) is 1.18. The van der Waals surface area contributed by atoms with E-state index < -0.39 is 5.97 Å². The SMILES string of the molecule is O=C(O)CCNCCCc1ccc(O)cc1. The molecule has 0 radical (unpaired) electrons. The maximum absolute atomic E-state index is 10.2. The first kappa shape index (κ1) is 12.5. The van der Waals surface area contributed by atoms with E-state index in [2.05, 4.69) is 5.32 Å². The van der Waals surface area contributed by atoms with Crippen LogP contribution in [-0.4, -0.2) is 29.3 Å². The fourth-order valence-corrected chi connectivity index (χ4v) is 1.40. The molecule has 0 saturated heterocycles. The number of benzene rings is 1. The Hall–Kier alpha value is -1.55.